The predicted molar refractivity (Wildman–Crippen MR) is 115 cm³/mol. The zero-order valence-corrected chi connectivity index (χ0v) is 18.1. The average Bonchev–Trinajstić information content (AvgIpc) is 2.94. The quantitative estimate of drug-likeness (QED) is 0.361. The van der Waals surface area contributed by atoms with Crippen molar-refractivity contribution in [1.82, 2.24) is 9.88 Å². The van der Waals surface area contributed by atoms with E-state index in [1.54, 1.807) is 44.4 Å². The van der Waals surface area contributed by atoms with Crippen LogP contribution in [0, 0.1) is 5.82 Å². The third-order valence-corrected chi connectivity index (χ3v) is 5.55. The summed E-state index contributed by atoms with van der Waals surface area (Å²) in [5.41, 5.74) is 0.935. The number of hydrogen-bond donors (Lipinski definition) is 0. The van der Waals surface area contributed by atoms with Crippen LogP contribution < -0.4 is 9.64 Å². The van der Waals surface area contributed by atoms with Gasteiger partial charge in [-0.1, -0.05) is 12.1 Å². The molecule has 0 radical (unpaired) electrons. The monoisotopic (exact) mass is 473 g/mol. The first-order valence-corrected chi connectivity index (χ1v) is 10.2. The van der Waals surface area contributed by atoms with Gasteiger partial charge in [-0.05, 0) is 67.4 Å². The summed E-state index contributed by atoms with van der Waals surface area (Å²) in [7, 11) is 0. The van der Waals surface area contributed by atoms with Crippen LogP contribution in [0.1, 0.15) is 19.4 Å². The molecule has 3 aromatic rings. The van der Waals surface area contributed by atoms with E-state index in [1.807, 2.05) is 0 Å². The van der Waals surface area contributed by atoms with Crippen LogP contribution in [-0.2, 0) is 11.3 Å². The molecule has 0 saturated carbocycles. The normalized spacial score (nSPS) is 15.7. The third-order valence-electron chi connectivity index (χ3n) is 5.55. The summed E-state index contributed by atoms with van der Waals surface area (Å²) in [6.07, 6.45) is -1.71. The number of pyridine rings is 1. The van der Waals surface area contributed by atoms with Gasteiger partial charge in [-0.15, -0.1) is 13.2 Å². The molecular formula is C24H19F4N3O3. The highest BCUT2D eigenvalue weighted by Gasteiger charge is 2.51. The van der Waals surface area contributed by atoms with Gasteiger partial charge in [-0.25, -0.2) is 14.1 Å². The van der Waals surface area contributed by atoms with Gasteiger partial charge in [0.15, 0.2) is 0 Å². The van der Waals surface area contributed by atoms with E-state index in [0.29, 0.717) is 16.7 Å². The van der Waals surface area contributed by atoms with Gasteiger partial charge in [0.25, 0.3) is 5.91 Å². The number of alkyl halides is 3. The van der Waals surface area contributed by atoms with E-state index >= 15 is 0 Å². The van der Waals surface area contributed by atoms with Crippen LogP contribution in [0.25, 0.3) is 11.1 Å². The molecule has 0 unspecified atom stereocenters. The lowest BCUT2D eigenvalue weighted by atomic mass is 9.99. The number of benzene rings is 2. The summed E-state index contributed by atoms with van der Waals surface area (Å²) in [6, 6.07) is 11.4. The van der Waals surface area contributed by atoms with E-state index in [4.69, 9.17) is 0 Å². The third kappa shape index (κ3) is 4.43. The Morgan fingerprint density at radius 1 is 0.971 bits per heavy atom. The molecule has 10 heteroatoms. The number of urea groups is 1. The van der Waals surface area contributed by atoms with E-state index in [1.165, 1.54) is 29.2 Å². The molecule has 1 aliphatic heterocycles. The van der Waals surface area contributed by atoms with Crippen LogP contribution in [0.5, 0.6) is 5.75 Å². The van der Waals surface area contributed by atoms with Crippen molar-refractivity contribution in [2.75, 3.05) is 4.90 Å². The minimum atomic E-state index is -4.85. The Kier molecular flexibility index (Phi) is 5.76. The molecule has 0 N–H and O–H groups in total. The van der Waals surface area contributed by atoms with Crippen LogP contribution in [0.3, 0.4) is 0 Å². The molecule has 0 bridgehead atoms. The number of imide groups is 1. The number of aromatic nitrogens is 1. The minimum absolute atomic E-state index is 0.0541. The van der Waals surface area contributed by atoms with Gasteiger partial charge in [0, 0.05) is 24.5 Å². The number of anilines is 1. The van der Waals surface area contributed by atoms with Gasteiger partial charge >= 0.3 is 12.4 Å². The standard InChI is InChI=1S/C24H19F4N3O3/c1-23(2)21(32)31(18-7-9-19(10-8-18)34-24(26,27)28)22(33)30(23)14-16-11-12-29-13-20(16)15-3-5-17(25)6-4-15/h3-13H,14H2,1-2H3. The van der Waals surface area contributed by atoms with E-state index in [9.17, 15) is 27.2 Å². The highest BCUT2D eigenvalue weighted by Crippen LogP contribution is 2.36. The summed E-state index contributed by atoms with van der Waals surface area (Å²) in [5.74, 6) is -1.38. The van der Waals surface area contributed by atoms with Crippen LogP contribution in [0.15, 0.2) is 67.0 Å². The average molecular weight is 473 g/mol. The second kappa shape index (κ2) is 8.44. The predicted octanol–water partition coefficient (Wildman–Crippen LogP) is 5.53. The topological polar surface area (TPSA) is 62.7 Å². The number of nitrogens with zero attached hydrogens (tertiary/aromatic N) is 3. The lowest BCUT2D eigenvalue weighted by molar-refractivity contribution is -0.274. The highest BCUT2D eigenvalue weighted by molar-refractivity contribution is 6.22. The number of amides is 3. The molecule has 6 nitrogen and oxygen atoms in total. The Morgan fingerprint density at radius 2 is 1.62 bits per heavy atom. The molecule has 1 aliphatic rings. The largest absolute Gasteiger partial charge is 0.573 e. The molecular weight excluding hydrogens is 454 g/mol. The van der Waals surface area contributed by atoms with E-state index in [0.717, 1.165) is 17.0 Å². The first-order valence-electron chi connectivity index (χ1n) is 10.2. The maximum Gasteiger partial charge on any atom is 0.573 e. The van der Waals surface area contributed by atoms with Gasteiger partial charge in [-0.2, -0.15) is 0 Å². The van der Waals surface area contributed by atoms with Crippen molar-refractivity contribution in [1.29, 1.82) is 0 Å². The fourth-order valence-corrected chi connectivity index (χ4v) is 3.75. The van der Waals surface area contributed by atoms with Gasteiger partial charge in [0.1, 0.15) is 17.1 Å². The van der Waals surface area contributed by atoms with Crippen LogP contribution in [0.4, 0.5) is 28.0 Å². The summed E-state index contributed by atoms with van der Waals surface area (Å²) in [5, 5.41) is 0. The molecule has 0 aliphatic carbocycles. The fraction of sp³-hybridized carbons (Fsp3) is 0.208. The number of ether oxygens (including phenoxy) is 1. The first-order chi connectivity index (χ1) is 16.0. The number of carbonyl (C=O) groups is 2. The molecule has 3 amide bonds. The van der Waals surface area contributed by atoms with E-state index in [-0.39, 0.29) is 12.2 Å². The maximum absolute atomic E-state index is 13.4. The molecule has 1 aromatic heterocycles. The molecule has 176 valence electrons. The molecule has 1 fully saturated rings. The lowest BCUT2D eigenvalue weighted by Gasteiger charge is -2.28. The van der Waals surface area contributed by atoms with Crippen LogP contribution >= 0.6 is 0 Å². The lowest BCUT2D eigenvalue weighted by Crippen LogP contribution is -2.43. The first kappa shape index (κ1) is 23.2. The Balaban J connectivity index is 1.63. The zero-order valence-electron chi connectivity index (χ0n) is 18.1. The summed E-state index contributed by atoms with van der Waals surface area (Å²) in [4.78, 5) is 32.9. The maximum atomic E-state index is 13.4. The second-order valence-corrected chi connectivity index (χ2v) is 8.15. The van der Waals surface area contributed by atoms with Crippen molar-refractivity contribution in [2.24, 2.45) is 0 Å². The molecule has 0 spiro atoms. The van der Waals surface area contributed by atoms with Crippen molar-refractivity contribution in [3.8, 4) is 16.9 Å². The number of hydrogen-bond acceptors (Lipinski definition) is 4. The summed E-state index contributed by atoms with van der Waals surface area (Å²) >= 11 is 0. The molecule has 2 aromatic carbocycles. The Morgan fingerprint density at radius 3 is 2.24 bits per heavy atom. The number of carbonyl (C=O) groups excluding carboxylic acids is 2. The van der Waals surface area contributed by atoms with Gasteiger partial charge in [-0.3, -0.25) is 9.78 Å². The molecule has 4 rings (SSSR count). The minimum Gasteiger partial charge on any atom is -0.406 e. The van der Waals surface area contributed by atoms with Crippen LogP contribution in [-0.4, -0.2) is 33.7 Å². The molecule has 1 saturated heterocycles. The smallest absolute Gasteiger partial charge is 0.406 e. The van der Waals surface area contributed by atoms with E-state index in [2.05, 4.69) is 9.72 Å². The Hall–Kier alpha value is -3.95. The zero-order chi connectivity index (χ0) is 24.7. The molecule has 0 atom stereocenters. The van der Waals surface area contributed by atoms with Crippen LogP contribution in [0.2, 0.25) is 0 Å². The summed E-state index contributed by atoms with van der Waals surface area (Å²) in [6.45, 7) is 3.23. The number of halogens is 4. The van der Waals surface area contributed by atoms with Crippen molar-refractivity contribution in [3.63, 3.8) is 0 Å². The molecule has 2 heterocycles. The van der Waals surface area contributed by atoms with Gasteiger partial charge < -0.3 is 9.64 Å². The van der Waals surface area contributed by atoms with E-state index < -0.39 is 35.4 Å². The second-order valence-electron chi connectivity index (χ2n) is 8.15. The Labute approximate surface area is 192 Å². The van der Waals surface area contributed by atoms with Crippen molar-refractivity contribution in [2.45, 2.75) is 32.3 Å². The van der Waals surface area contributed by atoms with Gasteiger partial charge in [0.2, 0.25) is 0 Å². The van der Waals surface area contributed by atoms with Crippen molar-refractivity contribution >= 4 is 17.6 Å². The SMILES string of the molecule is CC1(C)C(=O)N(c2ccc(OC(F)(F)F)cc2)C(=O)N1Cc1ccncc1-c1ccc(F)cc1. The van der Waals surface area contributed by atoms with Crippen molar-refractivity contribution < 1.29 is 31.9 Å². The fourth-order valence-electron chi connectivity index (χ4n) is 3.75. The Bertz CT molecular complexity index is 1230. The number of rotatable bonds is 5. The van der Waals surface area contributed by atoms with Crippen molar-refractivity contribution in [3.05, 3.63) is 78.4 Å². The molecule has 34 heavy (non-hydrogen) atoms. The highest BCUT2D eigenvalue weighted by atomic mass is 19.4. The summed E-state index contributed by atoms with van der Waals surface area (Å²) < 4.78 is 54.5. The van der Waals surface area contributed by atoms with Gasteiger partial charge in [0.05, 0.1) is 5.69 Å².